The maximum Gasteiger partial charge on any atom is 0.407 e. The third-order valence-corrected chi connectivity index (χ3v) is 5.46. The summed E-state index contributed by atoms with van der Waals surface area (Å²) in [4.78, 5) is 40.9. The first-order valence-corrected chi connectivity index (χ1v) is 13.0. The van der Waals surface area contributed by atoms with Crippen molar-refractivity contribution in [2.75, 3.05) is 6.54 Å². The van der Waals surface area contributed by atoms with Crippen molar-refractivity contribution in [1.29, 1.82) is 0 Å². The van der Waals surface area contributed by atoms with Crippen molar-refractivity contribution in [2.24, 2.45) is 0 Å². The number of nitrogens with zero attached hydrogens (tertiary/aromatic N) is 1. The molecule has 0 bridgehead atoms. The quantitative estimate of drug-likeness (QED) is 0.287. The van der Waals surface area contributed by atoms with E-state index in [1.165, 1.54) is 13.8 Å². The van der Waals surface area contributed by atoms with Crippen LogP contribution in [-0.4, -0.2) is 41.2 Å². The van der Waals surface area contributed by atoms with Crippen LogP contribution in [0.3, 0.4) is 0 Å². The van der Waals surface area contributed by atoms with E-state index in [-0.39, 0.29) is 6.54 Å². The number of hydrogen-bond donors (Lipinski definition) is 1. The van der Waals surface area contributed by atoms with Gasteiger partial charge in [-0.1, -0.05) is 23.7 Å². The zero-order chi connectivity index (χ0) is 29.3. The molecule has 1 atom stereocenters. The average Bonchev–Trinajstić information content (AvgIpc) is 2.86. The molecule has 0 fully saturated rings. The molecular formula is C30H33ClN2O7. The molecule has 3 rings (SSSR count). The molecule has 0 aliphatic heterocycles. The van der Waals surface area contributed by atoms with Gasteiger partial charge in [-0.25, -0.2) is 4.79 Å². The molecule has 1 unspecified atom stereocenters. The third-order valence-electron chi connectivity index (χ3n) is 5.21. The fourth-order valence-electron chi connectivity index (χ4n) is 3.55. The maximum absolute atomic E-state index is 12.5. The summed E-state index contributed by atoms with van der Waals surface area (Å²) in [5.74, 6) is 1.45. The van der Waals surface area contributed by atoms with Crippen LogP contribution >= 0.6 is 11.6 Å². The van der Waals surface area contributed by atoms with E-state index in [1.54, 1.807) is 81.4 Å². The number of benzene rings is 3. The van der Waals surface area contributed by atoms with Crippen LogP contribution in [0.1, 0.15) is 40.2 Å². The van der Waals surface area contributed by atoms with Crippen LogP contribution in [0.4, 0.5) is 4.79 Å². The highest BCUT2D eigenvalue weighted by Gasteiger charge is 2.24. The van der Waals surface area contributed by atoms with Crippen LogP contribution in [0.5, 0.6) is 23.0 Å². The lowest BCUT2D eigenvalue weighted by Gasteiger charge is -2.27. The second-order valence-corrected chi connectivity index (χ2v) is 10.4. The number of alkyl carbamates (subject to hydrolysis) is 1. The first-order chi connectivity index (χ1) is 18.9. The Bertz CT molecular complexity index is 1290. The van der Waals surface area contributed by atoms with Crippen molar-refractivity contribution in [3.8, 4) is 23.0 Å². The summed E-state index contributed by atoms with van der Waals surface area (Å²) in [6, 6.07) is 21.0. The van der Waals surface area contributed by atoms with E-state index in [0.29, 0.717) is 34.4 Å². The topological polar surface area (TPSA) is 103 Å². The van der Waals surface area contributed by atoms with Crippen molar-refractivity contribution < 1.29 is 33.4 Å². The van der Waals surface area contributed by atoms with Gasteiger partial charge in [-0.15, -0.1) is 0 Å². The predicted octanol–water partition coefficient (Wildman–Crippen LogP) is 6.69. The molecule has 0 aliphatic rings. The van der Waals surface area contributed by atoms with Gasteiger partial charge in [0, 0.05) is 18.9 Å². The first-order valence-electron chi connectivity index (χ1n) is 12.6. The smallest absolute Gasteiger partial charge is 0.407 e. The normalized spacial score (nSPS) is 11.7. The summed E-state index contributed by atoms with van der Waals surface area (Å²) in [5, 5.41) is 4.32. The highest BCUT2D eigenvalue weighted by molar-refractivity contribution is 6.30. The minimum absolute atomic E-state index is 0.0587. The maximum atomic E-state index is 12.5. The molecule has 9 nitrogen and oxygen atoms in total. The summed E-state index contributed by atoms with van der Waals surface area (Å²) < 4.78 is 17.1. The van der Waals surface area contributed by atoms with Gasteiger partial charge in [0.1, 0.15) is 28.6 Å². The number of rotatable bonds is 9. The largest absolute Gasteiger partial charge is 0.457 e. The van der Waals surface area contributed by atoms with Crippen LogP contribution in [0.15, 0.2) is 72.8 Å². The van der Waals surface area contributed by atoms with Crippen LogP contribution in [0.25, 0.3) is 0 Å². The average molecular weight is 569 g/mol. The number of nitrogens with one attached hydrogen (secondary N) is 1. The Morgan fingerprint density at radius 1 is 0.800 bits per heavy atom. The van der Waals surface area contributed by atoms with Crippen LogP contribution in [0, 0.1) is 0 Å². The molecule has 1 N–H and O–H groups in total. The SMILES string of the molecule is CC(=O)ON(CC(Cc1ccc(Oc2ccc(Oc3ccc(Cl)cc3)cc2)cc1)NC(=O)OC(C)(C)C)C(C)=O. The van der Waals surface area contributed by atoms with E-state index in [4.69, 9.17) is 30.6 Å². The van der Waals surface area contributed by atoms with Crippen LogP contribution < -0.4 is 14.8 Å². The molecule has 2 amide bonds. The lowest BCUT2D eigenvalue weighted by Crippen LogP contribution is -2.48. The van der Waals surface area contributed by atoms with E-state index in [1.807, 2.05) is 12.1 Å². The van der Waals surface area contributed by atoms with Crippen molar-refractivity contribution in [1.82, 2.24) is 10.4 Å². The number of hydrogen-bond acceptors (Lipinski definition) is 7. The van der Waals surface area contributed by atoms with Gasteiger partial charge in [0.2, 0.25) is 0 Å². The van der Waals surface area contributed by atoms with Gasteiger partial charge in [0.25, 0.3) is 5.91 Å². The fourth-order valence-corrected chi connectivity index (χ4v) is 3.68. The number of halogens is 1. The number of carbonyl (C=O) groups is 3. The Kier molecular flexibility index (Phi) is 10.4. The Hall–Kier alpha value is -4.24. The van der Waals surface area contributed by atoms with Gasteiger partial charge in [-0.3, -0.25) is 9.59 Å². The minimum atomic E-state index is -0.704. The highest BCUT2D eigenvalue weighted by Crippen LogP contribution is 2.28. The van der Waals surface area contributed by atoms with Crippen LogP contribution in [0.2, 0.25) is 5.02 Å². The van der Waals surface area contributed by atoms with E-state index in [9.17, 15) is 14.4 Å². The molecule has 3 aromatic carbocycles. The van der Waals surface area contributed by atoms with Crippen molar-refractivity contribution in [2.45, 2.75) is 52.7 Å². The minimum Gasteiger partial charge on any atom is -0.457 e. The molecule has 0 heterocycles. The summed E-state index contributed by atoms with van der Waals surface area (Å²) >= 11 is 5.91. The van der Waals surface area contributed by atoms with E-state index < -0.39 is 29.6 Å². The molecule has 10 heteroatoms. The highest BCUT2D eigenvalue weighted by atomic mass is 35.5. The standard InChI is InChI=1S/C30H33ClN2O7/c1-20(34)33(40-21(2)35)19-24(32-29(36)39-30(3,4)5)18-22-6-10-25(11-7-22)37-27-14-16-28(17-15-27)38-26-12-8-23(31)9-13-26/h6-17,24H,18-19H2,1-5H3,(H,32,36). The molecule has 0 saturated carbocycles. The second kappa shape index (κ2) is 13.7. The van der Waals surface area contributed by atoms with Gasteiger partial charge < -0.3 is 24.4 Å². The molecule has 3 aromatic rings. The first kappa shape index (κ1) is 30.3. The van der Waals surface area contributed by atoms with Gasteiger partial charge in [0.05, 0.1) is 12.6 Å². The summed E-state index contributed by atoms with van der Waals surface area (Å²) in [7, 11) is 0. The monoisotopic (exact) mass is 568 g/mol. The number of hydroxylamine groups is 2. The lowest BCUT2D eigenvalue weighted by atomic mass is 10.1. The van der Waals surface area contributed by atoms with E-state index in [0.717, 1.165) is 10.6 Å². The number of amides is 2. The lowest BCUT2D eigenvalue weighted by molar-refractivity contribution is -0.196. The Balaban J connectivity index is 1.65. The van der Waals surface area contributed by atoms with E-state index in [2.05, 4.69) is 5.32 Å². The number of ether oxygens (including phenoxy) is 3. The fraction of sp³-hybridized carbons (Fsp3) is 0.300. The molecule has 0 spiro atoms. The summed E-state index contributed by atoms with van der Waals surface area (Å²) in [5.41, 5.74) is 0.149. The van der Waals surface area contributed by atoms with Crippen molar-refractivity contribution in [3.63, 3.8) is 0 Å². The van der Waals surface area contributed by atoms with Gasteiger partial charge in [0.15, 0.2) is 0 Å². The van der Waals surface area contributed by atoms with Crippen molar-refractivity contribution in [3.05, 3.63) is 83.4 Å². The summed E-state index contributed by atoms with van der Waals surface area (Å²) in [6.07, 6.45) is -0.311. The molecule has 0 aliphatic carbocycles. The zero-order valence-corrected chi connectivity index (χ0v) is 23.9. The molecule has 0 saturated heterocycles. The van der Waals surface area contributed by atoms with E-state index >= 15 is 0 Å². The van der Waals surface area contributed by atoms with Crippen LogP contribution in [-0.2, 0) is 25.6 Å². The van der Waals surface area contributed by atoms with Gasteiger partial charge in [-0.2, -0.15) is 5.06 Å². The third kappa shape index (κ3) is 10.5. The second-order valence-electron chi connectivity index (χ2n) is 9.98. The molecule has 40 heavy (non-hydrogen) atoms. The molecular weight excluding hydrogens is 536 g/mol. The van der Waals surface area contributed by atoms with Gasteiger partial charge in [-0.05, 0) is 93.4 Å². The van der Waals surface area contributed by atoms with Crippen molar-refractivity contribution >= 4 is 29.6 Å². The molecule has 0 radical (unpaired) electrons. The Labute approximate surface area is 238 Å². The summed E-state index contributed by atoms with van der Waals surface area (Å²) in [6.45, 7) is 7.67. The Morgan fingerprint density at radius 3 is 1.68 bits per heavy atom. The zero-order valence-electron chi connectivity index (χ0n) is 23.1. The Morgan fingerprint density at radius 2 is 1.25 bits per heavy atom. The van der Waals surface area contributed by atoms with Gasteiger partial charge >= 0.3 is 12.1 Å². The molecule has 212 valence electrons. The number of carbonyl (C=O) groups excluding carboxylic acids is 3. The predicted molar refractivity (Wildman–Crippen MR) is 150 cm³/mol. The molecule has 0 aromatic heterocycles.